The van der Waals surface area contributed by atoms with Crippen molar-refractivity contribution in [2.24, 2.45) is 5.92 Å². The second-order valence-corrected chi connectivity index (χ2v) is 5.34. The topological polar surface area (TPSA) is 64.1 Å². The Kier molecular flexibility index (Phi) is 3.75. The van der Waals surface area contributed by atoms with E-state index in [9.17, 15) is 9.18 Å². The van der Waals surface area contributed by atoms with E-state index in [0.717, 1.165) is 18.4 Å². The monoisotopic (exact) mass is 301 g/mol. The van der Waals surface area contributed by atoms with Gasteiger partial charge in [0.15, 0.2) is 11.6 Å². The summed E-state index contributed by atoms with van der Waals surface area (Å²) in [6.45, 7) is 1.84. The number of hydrogen-bond donors (Lipinski definition) is 1. The van der Waals surface area contributed by atoms with Gasteiger partial charge in [-0.25, -0.2) is 14.4 Å². The molecule has 22 heavy (non-hydrogen) atoms. The fourth-order valence-electron chi connectivity index (χ4n) is 2.17. The second kappa shape index (κ2) is 5.71. The number of amides is 1. The van der Waals surface area contributed by atoms with Gasteiger partial charge in [-0.05, 0) is 43.5 Å². The molecule has 0 bridgehead atoms. The zero-order valence-electron chi connectivity index (χ0n) is 12.4. The number of methoxy groups -OCH3 is 1. The van der Waals surface area contributed by atoms with Crippen molar-refractivity contribution >= 4 is 11.9 Å². The molecule has 1 aliphatic carbocycles. The summed E-state index contributed by atoms with van der Waals surface area (Å²) in [5, 5.41) is 2.70. The third-order valence-corrected chi connectivity index (χ3v) is 3.58. The first kappa shape index (κ1) is 14.4. The summed E-state index contributed by atoms with van der Waals surface area (Å²) in [7, 11) is 1.42. The molecule has 6 heteroatoms. The molecule has 0 saturated heterocycles. The number of carbonyl (C=O) groups excluding carboxylic acids is 1. The molecule has 1 amide bonds. The van der Waals surface area contributed by atoms with Crippen molar-refractivity contribution < 1.29 is 13.9 Å². The molecular formula is C16H16FN3O2. The molecule has 5 nitrogen and oxygen atoms in total. The van der Waals surface area contributed by atoms with Crippen LogP contribution in [0.25, 0.3) is 11.3 Å². The molecule has 1 aliphatic rings. The Labute approximate surface area is 127 Å². The number of rotatable bonds is 4. The fraction of sp³-hybridized carbons (Fsp3) is 0.312. The summed E-state index contributed by atoms with van der Waals surface area (Å²) in [6, 6.07) is 4.64. The summed E-state index contributed by atoms with van der Waals surface area (Å²) in [5.74, 6) is -0.0180. The minimum atomic E-state index is -0.457. The maximum absolute atomic E-state index is 13.9. The van der Waals surface area contributed by atoms with Gasteiger partial charge in [-0.3, -0.25) is 10.1 Å². The highest BCUT2D eigenvalue weighted by molar-refractivity contribution is 5.92. The number of nitrogens with one attached hydrogen (secondary N) is 1. The number of ether oxygens (including phenoxy) is 1. The molecule has 1 N–H and O–H groups in total. The summed E-state index contributed by atoms with van der Waals surface area (Å²) < 4.78 is 18.8. The number of carbonyl (C=O) groups is 1. The predicted molar refractivity (Wildman–Crippen MR) is 80.1 cm³/mol. The summed E-state index contributed by atoms with van der Waals surface area (Å²) in [6.07, 6.45) is 3.44. The zero-order chi connectivity index (χ0) is 15.7. The summed E-state index contributed by atoms with van der Waals surface area (Å²) >= 11 is 0. The van der Waals surface area contributed by atoms with E-state index < -0.39 is 5.82 Å². The van der Waals surface area contributed by atoms with Gasteiger partial charge >= 0.3 is 0 Å². The van der Waals surface area contributed by atoms with Crippen LogP contribution in [0.5, 0.6) is 5.75 Å². The molecule has 1 aromatic heterocycles. The van der Waals surface area contributed by atoms with E-state index >= 15 is 0 Å². The van der Waals surface area contributed by atoms with Crippen LogP contribution >= 0.6 is 0 Å². The van der Waals surface area contributed by atoms with E-state index in [0.29, 0.717) is 11.3 Å². The van der Waals surface area contributed by atoms with Gasteiger partial charge in [0.05, 0.1) is 12.8 Å². The largest absolute Gasteiger partial charge is 0.494 e. The third-order valence-electron chi connectivity index (χ3n) is 3.58. The lowest BCUT2D eigenvalue weighted by molar-refractivity contribution is -0.117. The standard InChI is InChI=1S/C16H16FN3O2/c1-9-8-18-16(20-15(21)10-3-4-10)19-14(9)11-5-6-13(22-2)12(17)7-11/h5-8,10H,3-4H2,1-2H3,(H,18,19,20,21). The van der Waals surface area contributed by atoms with E-state index in [-0.39, 0.29) is 23.5 Å². The highest BCUT2D eigenvalue weighted by Crippen LogP contribution is 2.30. The molecule has 0 unspecified atom stereocenters. The molecule has 0 aliphatic heterocycles. The van der Waals surface area contributed by atoms with Gasteiger partial charge in [0.1, 0.15) is 0 Å². The summed E-state index contributed by atoms with van der Waals surface area (Å²) in [5.41, 5.74) is 2.00. The Morgan fingerprint density at radius 1 is 1.41 bits per heavy atom. The lowest BCUT2D eigenvalue weighted by Gasteiger charge is -2.09. The van der Waals surface area contributed by atoms with E-state index in [2.05, 4.69) is 15.3 Å². The molecule has 0 radical (unpaired) electrons. The predicted octanol–water partition coefficient (Wildman–Crippen LogP) is 2.95. The number of aryl methyl sites for hydroxylation is 1. The summed E-state index contributed by atoms with van der Waals surface area (Å²) in [4.78, 5) is 20.2. The average molecular weight is 301 g/mol. The van der Waals surface area contributed by atoms with Crippen LogP contribution in [0, 0.1) is 18.7 Å². The van der Waals surface area contributed by atoms with Crippen molar-refractivity contribution in [3.05, 3.63) is 35.8 Å². The molecule has 0 atom stereocenters. The van der Waals surface area contributed by atoms with Crippen molar-refractivity contribution in [3.8, 4) is 17.0 Å². The molecule has 1 heterocycles. The Bertz CT molecular complexity index is 729. The minimum Gasteiger partial charge on any atom is -0.494 e. The Balaban J connectivity index is 1.91. The van der Waals surface area contributed by atoms with Gasteiger partial charge in [0, 0.05) is 17.7 Å². The van der Waals surface area contributed by atoms with Crippen molar-refractivity contribution in [3.63, 3.8) is 0 Å². The molecule has 1 fully saturated rings. The third kappa shape index (κ3) is 2.90. The lowest BCUT2D eigenvalue weighted by atomic mass is 10.1. The number of nitrogens with zero attached hydrogens (tertiary/aromatic N) is 2. The van der Waals surface area contributed by atoms with Crippen LogP contribution in [0.2, 0.25) is 0 Å². The van der Waals surface area contributed by atoms with E-state index in [4.69, 9.17) is 4.74 Å². The number of benzene rings is 1. The Morgan fingerprint density at radius 3 is 2.82 bits per heavy atom. The molecule has 114 valence electrons. The van der Waals surface area contributed by atoms with Crippen molar-refractivity contribution in [2.75, 3.05) is 12.4 Å². The maximum Gasteiger partial charge on any atom is 0.229 e. The van der Waals surface area contributed by atoms with Gasteiger partial charge in [-0.1, -0.05) is 0 Å². The smallest absolute Gasteiger partial charge is 0.229 e. The maximum atomic E-state index is 13.9. The highest BCUT2D eigenvalue weighted by atomic mass is 19.1. The Morgan fingerprint density at radius 2 is 2.18 bits per heavy atom. The van der Waals surface area contributed by atoms with Gasteiger partial charge in [-0.15, -0.1) is 0 Å². The van der Waals surface area contributed by atoms with E-state index in [1.54, 1.807) is 18.3 Å². The number of halogens is 1. The fourth-order valence-corrected chi connectivity index (χ4v) is 2.17. The van der Waals surface area contributed by atoms with Crippen LogP contribution in [0.15, 0.2) is 24.4 Å². The van der Waals surface area contributed by atoms with Crippen LogP contribution in [0.1, 0.15) is 18.4 Å². The zero-order valence-corrected chi connectivity index (χ0v) is 12.4. The first-order chi connectivity index (χ1) is 10.6. The van der Waals surface area contributed by atoms with Gasteiger partial charge in [0.25, 0.3) is 0 Å². The van der Waals surface area contributed by atoms with E-state index in [1.807, 2.05) is 6.92 Å². The molecule has 3 rings (SSSR count). The molecule has 0 spiro atoms. The van der Waals surface area contributed by atoms with Crippen molar-refractivity contribution in [2.45, 2.75) is 19.8 Å². The first-order valence-electron chi connectivity index (χ1n) is 7.07. The van der Waals surface area contributed by atoms with Crippen LogP contribution in [-0.2, 0) is 4.79 Å². The van der Waals surface area contributed by atoms with Crippen LogP contribution < -0.4 is 10.1 Å². The quantitative estimate of drug-likeness (QED) is 0.943. The van der Waals surface area contributed by atoms with Gasteiger partial charge in [-0.2, -0.15) is 0 Å². The van der Waals surface area contributed by atoms with Crippen LogP contribution in [-0.4, -0.2) is 23.0 Å². The molecular weight excluding hydrogens is 285 g/mol. The minimum absolute atomic E-state index is 0.0595. The highest BCUT2D eigenvalue weighted by Gasteiger charge is 2.30. The number of hydrogen-bond acceptors (Lipinski definition) is 4. The first-order valence-corrected chi connectivity index (χ1v) is 7.07. The number of aromatic nitrogens is 2. The molecule has 1 aromatic carbocycles. The lowest BCUT2D eigenvalue weighted by Crippen LogP contribution is -2.15. The van der Waals surface area contributed by atoms with Gasteiger partial charge in [0.2, 0.25) is 11.9 Å². The molecule has 2 aromatic rings. The SMILES string of the molecule is COc1ccc(-c2nc(NC(=O)C3CC3)ncc2C)cc1F. The molecule has 1 saturated carbocycles. The van der Waals surface area contributed by atoms with Gasteiger partial charge < -0.3 is 4.74 Å². The van der Waals surface area contributed by atoms with Crippen LogP contribution in [0.3, 0.4) is 0 Å². The number of anilines is 1. The Hall–Kier alpha value is -2.50. The second-order valence-electron chi connectivity index (χ2n) is 5.34. The van der Waals surface area contributed by atoms with Crippen molar-refractivity contribution in [1.82, 2.24) is 9.97 Å². The van der Waals surface area contributed by atoms with Crippen LogP contribution in [0.4, 0.5) is 10.3 Å². The normalized spacial score (nSPS) is 13.8. The van der Waals surface area contributed by atoms with E-state index in [1.165, 1.54) is 13.2 Å². The van der Waals surface area contributed by atoms with Crippen molar-refractivity contribution in [1.29, 1.82) is 0 Å². The average Bonchev–Trinajstić information content (AvgIpc) is 3.34.